The van der Waals surface area contributed by atoms with Crippen LogP contribution in [0.5, 0.6) is 5.88 Å². The topological polar surface area (TPSA) is 74.9 Å². The highest BCUT2D eigenvalue weighted by molar-refractivity contribution is 6.43. The zero-order chi connectivity index (χ0) is 22.5. The summed E-state index contributed by atoms with van der Waals surface area (Å²) >= 11 is 0. The number of aryl methyl sites for hydroxylation is 3. The van der Waals surface area contributed by atoms with E-state index >= 15 is 0 Å². The molecule has 0 unspecified atom stereocenters. The molecule has 0 amide bonds. The molecule has 0 fully saturated rings. The quantitative estimate of drug-likeness (QED) is 0.326. The van der Waals surface area contributed by atoms with E-state index in [9.17, 15) is 4.79 Å². The highest BCUT2D eigenvalue weighted by Crippen LogP contribution is 2.31. The van der Waals surface area contributed by atoms with Crippen LogP contribution in [0.15, 0.2) is 47.6 Å². The number of aromatic nitrogens is 2. The van der Waals surface area contributed by atoms with E-state index < -0.39 is 5.97 Å². The summed E-state index contributed by atoms with van der Waals surface area (Å²) in [6.07, 6.45) is 0. The normalized spacial score (nSPS) is 11.4. The maximum atomic E-state index is 12.2. The number of hydrogen-bond donors (Lipinski definition) is 0. The first-order valence-corrected chi connectivity index (χ1v) is 9.89. The van der Waals surface area contributed by atoms with E-state index in [1.165, 1.54) is 25.3 Å². The molecule has 0 atom stereocenters. The van der Waals surface area contributed by atoms with Crippen LogP contribution < -0.4 is 4.74 Å². The molecule has 0 N–H and O–H groups in total. The van der Waals surface area contributed by atoms with Crippen molar-refractivity contribution in [3.8, 4) is 17.1 Å². The van der Waals surface area contributed by atoms with Crippen LogP contribution in [-0.2, 0) is 28.0 Å². The molecule has 0 spiro atoms. The third-order valence-corrected chi connectivity index (χ3v) is 5.20. The zero-order valence-electron chi connectivity index (χ0n) is 18.7. The summed E-state index contributed by atoms with van der Waals surface area (Å²) < 4.78 is 12.7. The second-order valence-corrected chi connectivity index (χ2v) is 7.26. The fourth-order valence-electron chi connectivity index (χ4n) is 3.39. The van der Waals surface area contributed by atoms with Crippen LogP contribution >= 0.6 is 0 Å². The minimum absolute atomic E-state index is 0.0850. The van der Waals surface area contributed by atoms with Crippen molar-refractivity contribution >= 4 is 11.7 Å². The molecule has 2 aromatic carbocycles. The average Bonchev–Trinajstić information content (AvgIpc) is 3.05. The predicted molar refractivity (Wildman–Crippen MR) is 119 cm³/mol. The van der Waals surface area contributed by atoms with Gasteiger partial charge in [0.15, 0.2) is 5.71 Å². The molecule has 3 aromatic rings. The van der Waals surface area contributed by atoms with Gasteiger partial charge in [-0.25, -0.2) is 9.48 Å². The molecule has 0 bridgehead atoms. The van der Waals surface area contributed by atoms with Crippen LogP contribution in [0, 0.1) is 20.8 Å². The number of oxime groups is 1. The Kier molecular flexibility index (Phi) is 6.74. The highest BCUT2D eigenvalue weighted by Gasteiger charge is 2.21. The second kappa shape index (κ2) is 9.47. The van der Waals surface area contributed by atoms with E-state index in [-0.39, 0.29) is 12.3 Å². The Labute approximate surface area is 182 Å². The van der Waals surface area contributed by atoms with E-state index in [0.29, 0.717) is 11.4 Å². The number of carbonyl (C=O) groups is 1. The lowest BCUT2D eigenvalue weighted by molar-refractivity contribution is -0.132. The van der Waals surface area contributed by atoms with Crippen molar-refractivity contribution in [2.24, 2.45) is 12.2 Å². The minimum atomic E-state index is -0.581. The van der Waals surface area contributed by atoms with Gasteiger partial charge < -0.3 is 14.3 Å². The van der Waals surface area contributed by atoms with Crippen molar-refractivity contribution < 1.29 is 19.1 Å². The summed E-state index contributed by atoms with van der Waals surface area (Å²) in [5.41, 5.74) is 6.78. The lowest BCUT2D eigenvalue weighted by atomic mass is 10.0. The van der Waals surface area contributed by atoms with E-state index in [1.54, 1.807) is 10.7 Å². The molecule has 0 aliphatic rings. The van der Waals surface area contributed by atoms with E-state index in [4.69, 9.17) is 14.3 Å². The summed E-state index contributed by atoms with van der Waals surface area (Å²) in [5, 5.41) is 8.51. The number of nitrogens with zero attached hydrogens (tertiary/aromatic N) is 3. The van der Waals surface area contributed by atoms with Crippen LogP contribution in [0.4, 0.5) is 0 Å². The molecule has 7 heteroatoms. The van der Waals surface area contributed by atoms with Gasteiger partial charge in [-0.3, -0.25) is 0 Å². The average molecular weight is 421 g/mol. The molecule has 3 rings (SSSR count). The molecule has 1 aromatic heterocycles. The van der Waals surface area contributed by atoms with Gasteiger partial charge in [0, 0.05) is 23.7 Å². The first kappa shape index (κ1) is 22.1. The molecule has 0 aliphatic heterocycles. The second-order valence-electron chi connectivity index (χ2n) is 7.26. The molecular formula is C24H27N3O4. The first-order valence-electron chi connectivity index (χ1n) is 9.89. The van der Waals surface area contributed by atoms with E-state index in [1.807, 2.05) is 32.2 Å². The van der Waals surface area contributed by atoms with Crippen molar-refractivity contribution in [3.05, 3.63) is 70.3 Å². The third kappa shape index (κ3) is 4.60. The fraction of sp³-hybridized carbons (Fsp3) is 0.292. The van der Waals surface area contributed by atoms with Crippen molar-refractivity contribution in [1.29, 1.82) is 0 Å². The minimum Gasteiger partial charge on any atom is -0.473 e. The molecule has 1 heterocycles. The van der Waals surface area contributed by atoms with Gasteiger partial charge in [0.2, 0.25) is 5.88 Å². The van der Waals surface area contributed by atoms with Gasteiger partial charge in [-0.2, -0.15) is 5.10 Å². The molecule has 0 saturated carbocycles. The molecule has 31 heavy (non-hydrogen) atoms. The summed E-state index contributed by atoms with van der Waals surface area (Å²) in [6.45, 7) is 6.39. The SMILES string of the molecule is CO/N=C(/C(=O)OC)c1ccccc1COc1c(C)c(-c2ccc(C)c(C)c2)nn1C. The third-order valence-electron chi connectivity index (χ3n) is 5.20. The Bertz CT molecular complexity index is 1130. The summed E-state index contributed by atoms with van der Waals surface area (Å²) in [7, 11) is 4.54. The van der Waals surface area contributed by atoms with Crippen molar-refractivity contribution in [1.82, 2.24) is 9.78 Å². The molecule has 0 radical (unpaired) electrons. The van der Waals surface area contributed by atoms with Gasteiger partial charge in [-0.05, 0) is 43.5 Å². The Hall–Kier alpha value is -3.61. The molecule has 0 aliphatic carbocycles. The predicted octanol–water partition coefficient (Wildman–Crippen LogP) is 4.11. The van der Waals surface area contributed by atoms with Crippen molar-refractivity contribution in [2.45, 2.75) is 27.4 Å². The lowest BCUT2D eigenvalue weighted by Crippen LogP contribution is -2.20. The summed E-state index contributed by atoms with van der Waals surface area (Å²) in [5.74, 6) is 0.0781. The fourth-order valence-corrected chi connectivity index (χ4v) is 3.39. The monoisotopic (exact) mass is 421 g/mol. The van der Waals surface area contributed by atoms with E-state index in [2.05, 4.69) is 42.3 Å². The maximum absolute atomic E-state index is 12.2. The van der Waals surface area contributed by atoms with Gasteiger partial charge in [-0.1, -0.05) is 41.6 Å². The number of methoxy groups -OCH3 is 1. The van der Waals surface area contributed by atoms with E-state index in [0.717, 1.165) is 22.4 Å². The smallest absolute Gasteiger partial charge is 0.360 e. The van der Waals surface area contributed by atoms with Crippen molar-refractivity contribution in [2.75, 3.05) is 14.2 Å². The number of esters is 1. The molecule has 162 valence electrons. The number of benzene rings is 2. The summed E-state index contributed by atoms with van der Waals surface area (Å²) in [6, 6.07) is 13.7. The van der Waals surface area contributed by atoms with Gasteiger partial charge in [0.05, 0.1) is 12.8 Å². The molecular weight excluding hydrogens is 394 g/mol. The van der Waals surface area contributed by atoms with Crippen molar-refractivity contribution in [3.63, 3.8) is 0 Å². The Morgan fingerprint density at radius 1 is 1.06 bits per heavy atom. The number of rotatable bonds is 7. The summed E-state index contributed by atoms with van der Waals surface area (Å²) in [4.78, 5) is 17.0. The zero-order valence-corrected chi connectivity index (χ0v) is 18.7. The molecule has 0 saturated heterocycles. The number of carbonyl (C=O) groups excluding carboxylic acids is 1. The van der Waals surface area contributed by atoms with Gasteiger partial charge in [0.1, 0.15) is 13.7 Å². The Morgan fingerprint density at radius 3 is 2.48 bits per heavy atom. The van der Waals surface area contributed by atoms with Gasteiger partial charge in [0.25, 0.3) is 0 Å². The van der Waals surface area contributed by atoms with Crippen LogP contribution in [-0.4, -0.2) is 35.7 Å². The highest BCUT2D eigenvalue weighted by atomic mass is 16.6. The number of ether oxygens (including phenoxy) is 2. The maximum Gasteiger partial charge on any atom is 0.360 e. The lowest BCUT2D eigenvalue weighted by Gasteiger charge is -2.12. The Morgan fingerprint density at radius 2 is 1.81 bits per heavy atom. The molecule has 7 nitrogen and oxygen atoms in total. The first-order chi connectivity index (χ1) is 14.9. The largest absolute Gasteiger partial charge is 0.473 e. The number of hydrogen-bond acceptors (Lipinski definition) is 6. The Balaban J connectivity index is 1.91. The van der Waals surface area contributed by atoms with Crippen LogP contribution in [0.1, 0.15) is 27.8 Å². The standard InChI is InChI=1S/C24H27N3O4/c1-15-11-12-18(13-16(15)2)21-17(3)23(27(4)25-21)31-14-19-9-7-8-10-20(19)22(26-30-6)24(28)29-5/h7-13H,14H2,1-6H3/b26-22+. The van der Waals surface area contributed by atoms with Gasteiger partial charge >= 0.3 is 5.97 Å². The van der Waals surface area contributed by atoms with Crippen LogP contribution in [0.25, 0.3) is 11.3 Å². The van der Waals surface area contributed by atoms with Crippen LogP contribution in [0.2, 0.25) is 0 Å². The van der Waals surface area contributed by atoms with Crippen LogP contribution in [0.3, 0.4) is 0 Å². The van der Waals surface area contributed by atoms with Gasteiger partial charge in [-0.15, -0.1) is 0 Å².